The highest BCUT2D eigenvalue weighted by molar-refractivity contribution is 5.97. The van der Waals surface area contributed by atoms with Gasteiger partial charge in [0.2, 0.25) is 5.91 Å². The van der Waals surface area contributed by atoms with Crippen LogP contribution in [0.15, 0.2) is 18.2 Å². The van der Waals surface area contributed by atoms with E-state index in [9.17, 15) is 9.59 Å². The van der Waals surface area contributed by atoms with E-state index >= 15 is 0 Å². The minimum absolute atomic E-state index is 0.257. The number of carbonyl (C=O) groups is 2. The standard InChI is InChI=1S/C20H32N4O2/c1-14-8-7-9-17(15(14)2)24-12-10-23(11-13-24)16(3)18(25)21-19(26)22-20(4,5)6/h7-9,16H,10-13H2,1-6H3,(H2,21,22,25,26)/t16-/m0/s1. The fourth-order valence-electron chi connectivity index (χ4n) is 3.18. The molecule has 6 nitrogen and oxygen atoms in total. The van der Waals surface area contributed by atoms with Crippen molar-refractivity contribution in [3.05, 3.63) is 29.3 Å². The molecule has 1 heterocycles. The van der Waals surface area contributed by atoms with Crippen LogP contribution in [-0.4, -0.2) is 54.6 Å². The van der Waals surface area contributed by atoms with Gasteiger partial charge in [-0.1, -0.05) is 12.1 Å². The maximum Gasteiger partial charge on any atom is 0.321 e. The topological polar surface area (TPSA) is 64.7 Å². The van der Waals surface area contributed by atoms with Crippen molar-refractivity contribution >= 4 is 17.6 Å². The van der Waals surface area contributed by atoms with E-state index in [1.54, 1.807) is 0 Å². The highest BCUT2D eigenvalue weighted by Crippen LogP contribution is 2.24. The average molecular weight is 361 g/mol. The quantitative estimate of drug-likeness (QED) is 0.869. The number of anilines is 1. The van der Waals surface area contributed by atoms with Gasteiger partial charge in [0.15, 0.2) is 0 Å². The monoisotopic (exact) mass is 360 g/mol. The first-order chi connectivity index (χ1) is 12.1. The lowest BCUT2D eigenvalue weighted by molar-refractivity contribution is -0.124. The minimum atomic E-state index is -0.441. The van der Waals surface area contributed by atoms with Gasteiger partial charge in [-0.2, -0.15) is 0 Å². The van der Waals surface area contributed by atoms with Crippen LogP contribution in [0.4, 0.5) is 10.5 Å². The predicted molar refractivity (Wildman–Crippen MR) is 106 cm³/mol. The van der Waals surface area contributed by atoms with E-state index in [-0.39, 0.29) is 17.5 Å². The maximum absolute atomic E-state index is 12.4. The number of nitrogens with one attached hydrogen (secondary N) is 2. The van der Waals surface area contributed by atoms with E-state index in [4.69, 9.17) is 0 Å². The Morgan fingerprint density at radius 3 is 2.27 bits per heavy atom. The maximum atomic E-state index is 12.4. The number of amides is 3. The zero-order valence-corrected chi connectivity index (χ0v) is 16.8. The first-order valence-corrected chi connectivity index (χ1v) is 9.27. The van der Waals surface area contributed by atoms with Crippen molar-refractivity contribution in [2.24, 2.45) is 0 Å². The van der Waals surface area contributed by atoms with Gasteiger partial charge in [-0.15, -0.1) is 0 Å². The van der Waals surface area contributed by atoms with Gasteiger partial charge in [0.05, 0.1) is 6.04 Å². The van der Waals surface area contributed by atoms with Crippen molar-refractivity contribution in [1.82, 2.24) is 15.5 Å². The molecule has 2 N–H and O–H groups in total. The molecule has 3 amide bonds. The van der Waals surface area contributed by atoms with E-state index in [2.05, 4.69) is 52.5 Å². The number of rotatable bonds is 3. The number of piperazine rings is 1. The average Bonchev–Trinajstić information content (AvgIpc) is 2.55. The SMILES string of the molecule is Cc1cccc(N2CCN([C@@H](C)C(=O)NC(=O)NC(C)(C)C)CC2)c1C. The summed E-state index contributed by atoms with van der Waals surface area (Å²) in [5.74, 6) is -0.257. The summed E-state index contributed by atoms with van der Waals surface area (Å²) in [6.45, 7) is 15.1. The molecule has 1 aromatic rings. The summed E-state index contributed by atoms with van der Waals surface area (Å²) in [6, 6.07) is 5.60. The minimum Gasteiger partial charge on any atom is -0.369 e. The Bertz CT molecular complexity index is 658. The largest absolute Gasteiger partial charge is 0.369 e. The number of hydrogen-bond donors (Lipinski definition) is 2. The molecule has 6 heteroatoms. The Morgan fingerprint density at radius 1 is 1.08 bits per heavy atom. The molecular weight excluding hydrogens is 328 g/mol. The molecule has 1 fully saturated rings. The van der Waals surface area contributed by atoms with Gasteiger partial charge in [0, 0.05) is 37.4 Å². The van der Waals surface area contributed by atoms with Crippen molar-refractivity contribution in [1.29, 1.82) is 0 Å². The summed E-state index contributed by atoms with van der Waals surface area (Å²) in [4.78, 5) is 28.8. The highest BCUT2D eigenvalue weighted by atomic mass is 16.2. The first kappa shape index (κ1) is 20.2. The van der Waals surface area contributed by atoms with Crippen molar-refractivity contribution in [2.75, 3.05) is 31.1 Å². The van der Waals surface area contributed by atoms with Crippen LogP contribution >= 0.6 is 0 Å². The summed E-state index contributed by atoms with van der Waals surface area (Å²) in [5, 5.41) is 5.20. The molecule has 26 heavy (non-hydrogen) atoms. The van der Waals surface area contributed by atoms with E-state index in [1.807, 2.05) is 27.7 Å². The second-order valence-corrected chi connectivity index (χ2v) is 8.11. The molecule has 1 aliphatic rings. The van der Waals surface area contributed by atoms with Crippen LogP contribution < -0.4 is 15.5 Å². The van der Waals surface area contributed by atoms with E-state index in [0.717, 1.165) is 26.2 Å². The Labute approximate surface area is 156 Å². The van der Waals surface area contributed by atoms with Crippen LogP contribution in [-0.2, 0) is 4.79 Å². The third-order valence-corrected chi connectivity index (χ3v) is 4.88. The summed E-state index contributed by atoms with van der Waals surface area (Å²) in [7, 11) is 0. The molecule has 1 saturated heterocycles. The third-order valence-electron chi connectivity index (χ3n) is 4.88. The highest BCUT2D eigenvalue weighted by Gasteiger charge is 2.27. The Balaban J connectivity index is 1.89. The molecule has 0 aliphatic carbocycles. The molecule has 0 saturated carbocycles. The first-order valence-electron chi connectivity index (χ1n) is 9.27. The van der Waals surface area contributed by atoms with Crippen LogP contribution in [0.5, 0.6) is 0 Å². The van der Waals surface area contributed by atoms with Crippen molar-refractivity contribution in [2.45, 2.75) is 53.1 Å². The summed E-state index contributed by atoms with van der Waals surface area (Å²) in [6.07, 6.45) is 0. The zero-order valence-electron chi connectivity index (χ0n) is 16.8. The number of imide groups is 1. The summed E-state index contributed by atoms with van der Waals surface area (Å²) in [5.41, 5.74) is 3.50. The fraction of sp³-hybridized carbons (Fsp3) is 0.600. The van der Waals surface area contributed by atoms with Gasteiger partial charge < -0.3 is 10.2 Å². The van der Waals surface area contributed by atoms with Gasteiger partial charge in [-0.3, -0.25) is 15.0 Å². The second kappa shape index (κ2) is 8.08. The second-order valence-electron chi connectivity index (χ2n) is 8.11. The van der Waals surface area contributed by atoms with Crippen LogP contribution in [0.2, 0.25) is 0 Å². The van der Waals surface area contributed by atoms with Gasteiger partial charge in [-0.05, 0) is 58.7 Å². The van der Waals surface area contributed by atoms with Gasteiger partial charge >= 0.3 is 6.03 Å². The van der Waals surface area contributed by atoms with Gasteiger partial charge in [0.1, 0.15) is 0 Å². The van der Waals surface area contributed by atoms with Crippen LogP contribution in [0.25, 0.3) is 0 Å². The Kier molecular flexibility index (Phi) is 6.29. The molecule has 0 radical (unpaired) electrons. The zero-order chi connectivity index (χ0) is 19.5. The number of nitrogens with zero attached hydrogens (tertiary/aromatic N) is 2. The normalized spacial score (nSPS) is 16.9. The van der Waals surface area contributed by atoms with Crippen molar-refractivity contribution in [3.8, 4) is 0 Å². The molecule has 0 spiro atoms. The molecule has 0 aromatic heterocycles. The lowest BCUT2D eigenvalue weighted by Crippen LogP contribution is -2.56. The number of aryl methyl sites for hydroxylation is 1. The smallest absolute Gasteiger partial charge is 0.321 e. The molecular formula is C20H32N4O2. The van der Waals surface area contributed by atoms with Gasteiger partial charge in [-0.25, -0.2) is 4.79 Å². The Morgan fingerprint density at radius 2 is 1.69 bits per heavy atom. The van der Waals surface area contributed by atoms with Crippen LogP contribution in [0.3, 0.4) is 0 Å². The van der Waals surface area contributed by atoms with E-state index in [0.29, 0.717) is 0 Å². The molecule has 0 unspecified atom stereocenters. The molecule has 144 valence electrons. The van der Waals surface area contributed by atoms with E-state index < -0.39 is 6.03 Å². The Hall–Kier alpha value is -2.08. The molecule has 1 aliphatic heterocycles. The molecule has 1 aromatic carbocycles. The number of hydrogen-bond acceptors (Lipinski definition) is 4. The number of benzene rings is 1. The van der Waals surface area contributed by atoms with Crippen molar-refractivity contribution < 1.29 is 9.59 Å². The predicted octanol–water partition coefficient (Wildman–Crippen LogP) is 2.44. The van der Waals surface area contributed by atoms with Crippen molar-refractivity contribution in [3.63, 3.8) is 0 Å². The van der Waals surface area contributed by atoms with Crippen LogP contribution in [0, 0.1) is 13.8 Å². The van der Waals surface area contributed by atoms with Gasteiger partial charge in [0.25, 0.3) is 0 Å². The third kappa shape index (κ3) is 5.21. The summed E-state index contributed by atoms with van der Waals surface area (Å²) >= 11 is 0. The fourth-order valence-corrected chi connectivity index (χ4v) is 3.18. The lowest BCUT2D eigenvalue weighted by atomic mass is 10.1. The van der Waals surface area contributed by atoms with Crippen LogP contribution in [0.1, 0.15) is 38.8 Å². The summed E-state index contributed by atoms with van der Waals surface area (Å²) < 4.78 is 0. The number of carbonyl (C=O) groups excluding carboxylic acids is 2. The van der Waals surface area contributed by atoms with E-state index in [1.165, 1.54) is 16.8 Å². The number of urea groups is 1. The molecule has 0 bridgehead atoms. The molecule has 1 atom stereocenters. The lowest BCUT2D eigenvalue weighted by Gasteiger charge is -2.39. The molecule has 2 rings (SSSR count).